The van der Waals surface area contributed by atoms with Gasteiger partial charge in [0.2, 0.25) is 0 Å². The smallest absolute Gasteiger partial charge is 0.263 e. The molecule has 1 heterocycles. The third kappa shape index (κ3) is 4.59. The average Bonchev–Trinajstić information content (AvgIpc) is 3.38. The first kappa shape index (κ1) is 30.1. The molecule has 0 N–H and O–H groups in total. The maximum absolute atomic E-state index is 14.2. The second kappa shape index (κ2) is 11.3. The van der Waals surface area contributed by atoms with Crippen molar-refractivity contribution < 1.29 is 0 Å². The number of fused-ring (bicyclic) bond motifs is 6. The summed E-state index contributed by atoms with van der Waals surface area (Å²) >= 11 is 0. The summed E-state index contributed by atoms with van der Waals surface area (Å²) in [6.45, 7) is 8.97. The van der Waals surface area contributed by atoms with Crippen LogP contribution in [0.4, 0.5) is 0 Å². The summed E-state index contributed by atoms with van der Waals surface area (Å²) in [5.74, 6) is 0. The van der Waals surface area contributed by atoms with Gasteiger partial charge >= 0.3 is 0 Å². The van der Waals surface area contributed by atoms with E-state index in [9.17, 15) is 4.79 Å². The Bertz CT molecular complexity index is 2710. The molecule has 2 nitrogen and oxygen atoms in total. The van der Waals surface area contributed by atoms with Gasteiger partial charge in [0.15, 0.2) is 0 Å². The number of rotatable bonds is 4. The Hall–Kier alpha value is -5.99. The van der Waals surface area contributed by atoms with Crippen molar-refractivity contribution in [2.45, 2.75) is 33.1 Å². The third-order valence-electron chi connectivity index (χ3n) is 10.9. The Labute approximate surface area is 292 Å². The summed E-state index contributed by atoms with van der Waals surface area (Å²) < 4.78 is 1.87. The highest BCUT2D eigenvalue weighted by Crippen LogP contribution is 2.49. The second-order valence-corrected chi connectivity index (χ2v) is 14.2. The van der Waals surface area contributed by atoms with Crippen LogP contribution in [0.5, 0.6) is 0 Å². The zero-order chi connectivity index (χ0) is 34.1. The highest BCUT2D eigenvalue weighted by molar-refractivity contribution is 6.07. The number of aromatic nitrogens is 1. The molecule has 8 aromatic rings. The van der Waals surface area contributed by atoms with E-state index < -0.39 is 0 Å². The van der Waals surface area contributed by atoms with Gasteiger partial charge in [-0.3, -0.25) is 9.36 Å². The molecule has 0 fully saturated rings. The Morgan fingerprint density at radius 3 is 1.80 bits per heavy atom. The van der Waals surface area contributed by atoms with Gasteiger partial charge in [-0.25, -0.2) is 0 Å². The molecule has 240 valence electrons. The van der Waals surface area contributed by atoms with E-state index in [1.54, 1.807) is 0 Å². The number of pyridine rings is 1. The van der Waals surface area contributed by atoms with Crippen LogP contribution in [0.25, 0.3) is 71.9 Å². The molecule has 7 aromatic carbocycles. The van der Waals surface area contributed by atoms with E-state index in [4.69, 9.17) is 0 Å². The van der Waals surface area contributed by atoms with Crippen LogP contribution in [0, 0.1) is 13.8 Å². The number of benzene rings is 7. The van der Waals surface area contributed by atoms with E-state index in [2.05, 4.69) is 161 Å². The minimum atomic E-state index is -0.0178. The third-order valence-corrected chi connectivity index (χ3v) is 10.9. The maximum Gasteiger partial charge on any atom is 0.263 e. The summed E-state index contributed by atoms with van der Waals surface area (Å²) in [5, 5.41) is 2.74. The average molecular weight is 644 g/mol. The van der Waals surface area contributed by atoms with Crippen molar-refractivity contribution >= 4 is 21.7 Å². The van der Waals surface area contributed by atoms with E-state index in [0.29, 0.717) is 5.39 Å². The molecule has 0 aliphatic heterocycles. The van der Waals surface area contributed by atoms with Crippen LogP contribution in [-0.4, -0.2) is 4.57 Å². The highest BCUT2D eigenvalue weighted by Gasteiger charge is 2.35. The van der Waals surface area contributed by atoms with E-state index in [0.717, 1.165) is 38.7 Å². The lowest BCUT2D eigenvalue weighted by atomic mass is 9.82. The van der Waals surface area contributed by atoms with Gasteiger partial charge < -0.3 is 0 Å². The van der Waals surface area contributed by atoms with Crippen LogP contribution < -0.4 is 5.56 Å². The maximum atomic E-state index is 14.2. The number of aryl methyl sites for hydroxylation is 2. The molecular weight excluding hydrogens is 607 g/mol. The van der Waals surface area contributed by atoms with Crippen LogP contribution in [-0.2, 0) is 5.41 Å². The molecule has 0 radical (unpaired) electrons. The lowest BCUT2D eigenvalue weighted by Gasteiger charge is -2.21. The Morgan fingerprint density at radius 1 is 0.440 bits per heavy atom. The first-order chi connectivity index (χ1) is 24.3. The van der Waals surface area contributed by atoms with Gasteiger partial charge in [-0.1, -0.05) is 129 Å². The summed E-state index contributed by atoms with van der Waals surface area (Å²) in [4.78, 5) is 14.2. The molecule has 0 saturated carbocycles. The minimum absolute atomic E-state index is 0.0107. The fourth-order valence-electron chi connectivity index (χ4n) is 8.24. The molecule has 1 aliphatic carbocycles. The quantitative estimate of drug-likeness (QED) is 0.175. The molecular formula is C48H37NO. The Kier molecular flexibility index (Phi) is 6.79. The second-order valence-electron chi connectivity index (χ2n) is 14.2. The van der Waals surface area contributed by atoms with Crippen molar-refractivity contribution in [1.29, 1.82) is 0 Å². The van der Waals surface area contributed by atoms with Crippen molar-refractivity contribution in [3.63, 3.8) is 0 Å². The summed E-state index contributed by atoms with van der Waals surface area (Å²) in [7, 11) is 0. The SMILES string of the molecule is Cc1ccccc1-c1ccc(-c2ccc3c(c2)c2ccccc2c(=O)n3-c2ccc(-c3ccc4c(c3)-c3ccccc3C4(C)C)cc2)cc1C. The Balaban J connectivity index is 1.14. The zero-order valence-corrected chi connectivity index (χ0v) is 28.8. The topological polar surface area (TPSA) is 22.0 Å². The van der Waals surface area contributed by atoms with E-state index in [1.807, 2.05) is 22.8 Å². The normalized spacial score (nSPS) is 13.0. The fourth-order valence-corrected chi connectivity index (χ4v) is 8.24. The van der Waals surface area contributed by atoms with Crippen molar-refractivity contribution in [2.24, 2.45) is 0 Å². The van der Waals surface area contributed by atoms with Crippen molar-refractivity contribution in [3.8, 4) is 50.2 Å². The van der Waals surface area contributed by atoms with Crippen LogP contribution in [0.15, 0.2) is 156 Å². The minimum Gasteiger partial charge on any atom is -0.276 e. The lowest BCUT2D eigenvalue weighted by Crippen LogP contribution is -2.19. The molecule has 9 rings (SSSR count). The molecule has 0 saturated heterocycles. The predicted molar refractivity (Wildman–Crippen MR) is 210 cm³/mol. The summed E-state index contributed by atoms with van der Waals surface area (Å²) in [6, 6.07) is 53.8. The van der Waals surface area contributed by atoms with Gasteiger partial charge in [-0.2, -0.15) is 0 Å². The van der Waals surface area contributed by atoms with Crippen molar-refractivity contribution in [3.05, 3.63) is 184 Å². The first-order valence-corrected chi connectivity index (χ1v) is 17.4. The van der Waals surface area contributed by atoms with E-state index in [-0.39, 0.29) is 11.0 Å². The molecule has 50 heavy (non-hydrogen) atoms. The molecule has 0 atom stereocenters. The van der Waals surface area contributed by atoms with Crippen LogP contribution in [0.3, 0.4) is 0 Å². The van der Waals surface area contributed by atoms with Crippen LogP contribution in [0.1, 0.15) is 36.1 Å². The lowest BCUT2D eigenvalue weighted by molar-refractivity contribution is 0.660. The van der Waals surface area contributed by atoms with Gasteiger partial charge in [0, 0.05) is 21.9 Å². The number of nitrogens with zero attached hydrogens (tertiary/aromatic N) is 1. The molecule has 0 spiro atoms. The van der Waals surface area contributed by atoms with Gasteiger partial charge in [-0.15, -0.1) is 0 Å². The van der Waals surface area contributed by atoms with Gasteiger partial charge in [-0.05, 0) is 122 Å². The standard InChI is InChI=1S/C48H37NO/c1-30-11-5-6-12-37(30)38-24-19-33(27-31(38)2)35-21-26-46-43(29-35)39-13-7-8-15-41(39)47(50)49(46)36-22-17-32(18-23-36)34-20-25-45-42(28-34)40-14-9-10-16-44(40)48(45,3)4/h5-29H,1-4H3. The highest BCUT2D eigenvalue weighted by atomic mass is 16.1. The number of hydrogen-bond acceptors (Lipinski definition) is 1. The van der Waals surface area contributed by atoms with Gasteiger partial charge in [0.05, 0.1) is 5.52 Å². The fraction of sp³-hybridized carbons (Fsp3) is 0.104. The first-order valence-electron chi connectivity index (χ1n) is 17.4. The zero-order valence-electron chi connectivity index (χ0n) is 28.8. The van der Waals surface area contributed by atoms with Crippen LogP contribution in [0.2, 0.25) is 0 Å². The van der Waals surface area contributed by atoms with E-state index >= 15 is 0 Å². The molecule has 1 aromatic heterocycles. The Morgan fingerprint density at radius 2 is 1.02 bits per heavy atom. The van der Waals surface area contributed by atoms with Crippen molar-refractivity contribution in [2.75, 3.05) is 0 Å². The predicted octanol–water partition coefficient (Wildman–Crippen LogP) is 12.1. The molecule has 0 bridgehead atoms. The largest absolute Gasteiger partial charge is 0.276 e. The summed E-state index contributed by atoms with van der Waals surface area (Å²) in [6.07, 6.45) is 0. The molecule has 0 unspecified atom stereocenters. The monoisotopic (exact) mass is 643 g/mol. The number of hydrogen-bond donors (Lipinski definition) is 0. The summed E-state index contributed by atoms with van der Waals surface area (Å²) in [5.41, 5.74) is 16.7. The molecule has 0 amide bonds. The van der Waals surface area contributed by atoms with Crippen molar-refractivity contribution in [1.82, 2.24) is 4.57 Å². The van der Waals surface area contributed by atoms with E-state index in [1.165, 1.54) is 50.1 Å². The van der Waals surface area contributed by atoms with Crippen LogP contribution >= 0.6 is 0 Å². The molecule has 1 aliphatic rings. The van der Waals surface area contributed by atoms with Gasteiger partial charge in [0.1, 0.15) is 0 Å². The van der Waals surface area contributed by atoms with Gasteiger partial charge in [0.25, 0.3) is 5.56 Å². The molecule has 2 heteroatoms.